The summed E-state index contributed by atoms with van der Waals surface area (Å²) in [6.07, 6.45) is 0. The number of benzene rings is 3. The summed E-state index contributed by atoms with van der Waals surface area (Å²) in [6, 6.07) is 19.5. The molecule has 0 spiro atoms. The van der Waals surface area contributed by atoms with Crippen molar-refractivity contribution < 1.29 is 22.7 Å². The third-order valence-electron chi connectivity index (χ3n) is 4.62. The highest BCUT2D eigenvalue weighted by Gasteiger charge is 2.23. The first-order valence-electron chi connectivity index (χ1n) is 9.46. The second-order valence-electron chi connectivity index (χ2n) is 6.73. The highest BCUT2D eigenvalue weighted by atomic mass is 35.5. The van der Waals surface area contributed by atoms with E-state index in [0.717, 1.165) is 0 Å². The molecule has 0 aliphatic carbocycles. The van der Waals surface area contributed by atoms with E-state index in [9.17, 15) is 13.2 Å². The maximum atomic E-state index is 12.6. The number of anilines is 2. The lowest BCUT2D eigenvalue weighted by molar-refractivity contribution is -0.120. The summed E-state index contributed by atoms with van der Waals surface area (Å²) in [5, 5.41) is 0.513. The molecule has 7 nitrogen and oxygen atoms in total. The minimum atomic E-state index is -3.76. The van der Waals surface area contributed by atoms with Gasteiger partial charge >= 0.3 is 0 Å². The highest BCUT2D eigenvalue weighted by Crippen LogP contribution is 2.31. The van der Waals surface area contributed by atoms with Crippen molar-refractivity contribution in [2.24, 2.45) is 0 Å². The molecule has 31 heavy (non-hydrogen) atoms. The third kappa shape index (κ3) is 4.92. The van der Waals surface area contributed by atoms with Crippen LogP contribution >= 0.6 is 11.6 Å². The molecule has 1 aliphatic heterocycles. The van der Waals surface area contributed by atoms with Crippen molar-refractivity contribution in [1.29, 1.82) is 0 Å². The van der Waals surface area contributed by atoms with E-state index in [-0.39, 0.29) is 17.4 Å². The van der Waals surface area contributed by atoms with Gasteiger partial charge in [0.25, 0.3) is 15.9 Å². The molecule has 1 N–H and O–H groups in total. The summed E-state index contributed by atoms with van der Waals surface area (Å²) in [5.74, 6) is 0.835. The van der Waals surface area contributed by atoms with Crippen molar-refractivity contribution in [2.45, 2.75) is 4.90 Å². The van der Waals surface area contributed by atoms with E-state index in [1.54, 1.807) is 29.2 Å². The number of carbonyl (C=O) groups excluding carboxylic acids is 1. The first-order valence-corrected chi connectivity index (χ1v) is 11.3. The Balaban J connectivity index is 1.39. The molecule has 0 bridgehead atoms. The van der Waals surface area contributed by atoms with Crippen molar-refractivity contribution >= 4 is 38.9 Å². The average molecular weight is 459 g/mol. The van der Waals surface area contributed by atoms with Crippen molar-refractivity contribution in [2.75, 3.05) is 29.4 Å². The van der Waals surface area contributed by atoms with Gasteiger partial charge in [-0.25, -0.2) is 8.42 Å². The lowest BCUT2D eigenvalue weighted by Gasteiger charge is -2.29. The van der Waals surface area contributed by atoms with Gasteiger partial charge in [-0.15, -0.1) is 0 Å². The number of fused-ring (bicyclic) bond motifs is 1. The number of nitrogens with one attached hydrogen (secondary N) is 1. The van der Waals surface area contributed by atoms with Gasteiger partial charge in [0, 0.05) is 10.7 Å². The average Bonchev–Trinajstić information content (AvgIpc) is 2.79. The molecule has 3 aromatic rings. The Bertz CT molecular complexity index is 1180. The summed E-state index contributed by atoms with van der Waals surface area (Å²) in [4.78, 5) is 14.3. The molecule has 4 rings (SSSR count). The smallest absolute Gasteiger partial charge is 0.265 e. The lowest BCUT2D eigenvalue weighted by atomic mass is 10.2. The minimum Gasteiger partial charge on any atom is -0.490 e. The van der Waals surface area contributed by atoms with Gasteiger partial charge in [0.15, 0.2) is 6.61 Å². The molecule has 9 heteroatoms. The Labute approximate surface area is 185 Å². The normalized spacial score (nSPS) is 13.1. The molecule has 0 fully saturated rings. The topological polar surface area (TPSA) is 84.9 Å². The van der Waals surface area contributed by atoms with Crippen LogP contribution in [0.2, 0.25) is 5.02 Å². The molecule has 1 heterocycles. The number of hydrogen-bond donors (Lipinski definition) is 1. The van der Waals surface area contributed by atoms with Crippen LogP contribution in [-0.2, 0) is 14.8 Å². The molecule has 1 amide bonds. The molecule has 1 aliphatic rings. The van der Waals surface area contributed by atoms with Crippen LogP contribution in [0.5, 0.6) is 11.5 Å². The van der Waals surface area contributed by atoms with Crippen LogP contribution in [0.15, 0.2) is 77.7 Å². The minimum absolute atomic E-state index is 0.0724. The van der Waals surface area contributed by atoms with Crippen molar-refractivity contribution in [1.82, 2.24) is 0 Å². The molecule has 0 saturated carbocycles. The van der Waals surface area contributed by atoms with Crippen LogP contribution in [0.4, 0.5) is 11.4 Å². The van der Waals surface area contributed by atoms with E-state index in [1.807, 2.05) is 24.3 Å². The summed E-state index contributed by atoms with van der Waals surface area (Å²) < 4.78 is 38.7. The van der Waals surface area contributed by atoms with E-state index in [2.05, 4.69) is 4.72 Å². The summed E-state index contributed by atoms with van der Waals surface area (Å²) in [7, 11) is -3.76. The molecule has 0 aromatic heterocycles. The van der Waals surface area contributed by atoms with Crippen LogP contribution in [0.3, 0.4) is 0 Å². The Morgan fingerprint density at radius 1 is 1.03 bits per heavy atom. The second kappa shape index (κ2) is 8.87. The fourth-order valence-corrected chi connectivity index (χ4v) is 4.28. The maximum absolute atomic E-state index is 12.6. The Morgan fingerprint density at radius 2 is 1.74 bits per heavy atom. The van der Waals surface area contributed by atoms with Gasteiger partial charge in [-0.3, -0.25) is 9.52 Å². The van der Waals surface area contributed by atoms with Gasteiger partial charge < -0.3 is 14.4 Å². The maximum Gasteiger partial charge on any atom is 0.265 e. The van der Waals surface area contributed by atoms with Crippen molar-refractivity contribution in [3.63, 3.8) is 0 Å². The van der Waals surface area contributed by atoms with Crippen LogP contribution in [0, 0.1) is 0 Å². The number of nitrogens with zero attached hydrogens (tertiary/aromatic N) is 1. The quantitative estimate of drug-likeness (QED) is 0.604. The SMILES string of the molecule is O=C(COc1ccc(S(=O)(=O)Nc2ccc(Cl)cc2)cc1)N1CCOc2ccccc21. The monoisotopic (exact) mass is 458 g/mol. The summed E-state index contributed by atoms with van der Waals surface area (Å²) in [5.41, 5.74) is 1.11. The zero-order valence-corrected chi connectivity index (χ0v) is 17.9. The van der Waals surface area contributed by atoms with E-state index in [4.69, 9.17) is 21.1 Å². The predicted molar refractivity (Wildman–Crippen MR) is 118 cm³/mol. The molecule has 160 valence electrons. The van der Waals surface area contributed by atoms with E-state index >= 15 is 0 Å². The third-order valence-corrected chi connectivity index (χ3v) is 6.27. The van der Waals surface area contributed by atoms with Crippen LogP contribution in [0.25, 0.3) is 0 Å². The van der Waals surface area contributed by atoms with Gasteiger partial charge in [0.2, 0.25) is 0 Å². The summed E-state index contributed by atoms with van der Waals surface area (Å²) in [6.45, 7) is 0.673. The zero-order chi connectivity index (χ0) is 21.8. The fourth-order valence-electron chi connectivity index (χ4n) is 3.10. The van der Waals surface area contributed by atoms with Crippen LogP contribution < -0.4 is 19.1 Å². The highest BCUT2D eigenvalue weighted by molar-refractivity contribution is 7.92. The number of para-hydroxylation sites is 2. The number of carbonyl (C=O) groups is 1. The Morgan fingerprint density at radius 3 is 2.48 bits per heavy atom. The molecule has 3 aromatic carbocycles. The van der Waals surface area contributed by atoms with E-state index in [1.165, 1.54) is 24.3 Å². The second-order valence-corrected chi connectivity index (χ2v) is 8.85. The van der Waals surface area contributed by atoms with Gasteiger partial charge in [-0.05, 0) is 60.7 Å². The van der Waals surface area contributed by atoms with E-state index in [0.29, 0.717) is 41.0 Å². The van der Waals surface area contributed by atoms with E-state index < -0.39 is 10.0 Å². The van der Waals surface area contributed by atoms with Gasteiger partial charge in [0.05, 0.1) is 17.1 Å². The number of ether oxygens (including phenoxy) is 2. The van der Waals surface area contributed by atoms with Gasteiger partial charge in [0.1, 0.15) is 18.1 Å². The van der Waals surface area contributed by atoms with Crippen molar-refractivity contribution in [3.8, 4) is 11.5 Å². The van der Waals surface area contributed by atoms with Crippen LogP contribution in [-0.4, -0.2) is 34.1 Å². The Kier molecular flexibility index (Phi) is 6.01. The molecule has 0 radical (unpaired) electrons. The van der Waals surface area contributed by atoms with Gasteiger partial charge in [-0.2, -0.15) is 0 Å². The zero-order valence-electron chi connectivity index (χ0n) is 16.3. The fraction of sp³-hybridized carbons (Fsp3) is 0.136. The summed E-state index contributed by atoms with van der Waals surface area (Å²) >= 11 is 5.82. The predicted octanol–water partition coefficient (Wildman–Crippen LogP) is 3.95. The number of hydrogen-bond acceptors (Lipinski definition) is 5. The molecule has 0 atom stereocenters. The first kappa shape index (κ1) is 21.0. The first-order chi connectivity index (χ1) is 14.9. The van der Waals surface area contributed by atoms with Crippen molar-refractivity contribution in [3.05, 3.63) is 77.8 Å². The number of amides is 1. The molecule has 0 unspecified atom stereocenters. The molecular formula is C22H19ClN2O5S. The largest absolute Gasteiger partial charge is 0.490 e. The lowest BCUT2D eigenvalue weighted by Crippen LogP contribution is -2.40. The van der Waals surface area contributed by atoms with Crippen LogP contribution in [0.1, 0.15) is 0 Å². The molecular weight excluding hydrogens is 440 g/mol. The molecule has 0 saturated heterocycles. The standard InChI is InChI=1S/C22H19ClN2O5S/c23-16-5-7-17(8-6-16)24-31(27,28)19-11-9-18(10-12-19)30-15-22(26)25-13-14-29-21-4-2-1-3-20(21)25/h1-12,24H,13-15H2. The van der Waals surface area contributed by atoms with Gasteiger partial charge in [-0.1, -0.05) is 23.7 Å². The number of sulfonamides is 1. The number of halogens is 1. The Hall–Kier alpha value is -3.23. The number of rotatable bonds is 6.